The molecule has 2 aromatic rings. The van der Waals surface area contributed by atoms with Crippen molar-refractivity contribution < 1.29 is 9.90 Å². The van der Waals surface area contributed by atoms with Gasteiger partial charge < -0.3 is 10.0 Å². The Morgan fingerprint density at radius 1 is 1.12 bits per heavy atom. The molecule has 0 spiro atoms. The maximum Gasteiger partial charge on any atom is 0.303 e. The van der Waals surface area contributed by atoms with Crippen LogP contribution < -0.4 is 0 Å². The summed E-state index contributed by atoms with van der Waals surface area (Å²) in [7, 11) is 4.14. The lowest BCUT2D eigenvalue weighted by molar-refractivity contribution is -0.137. The van der Waals surface area contributed by atoms with Crippen LogP contribution >= 0.6 is 0 Å². The van der Waals surface area contributed by atoms with Gasteiger partial charge in [-0.25, -0.2) is 0 Å². The van der Waals surface area contributed by atoms with Gasteiger partial charge in [-0.2, -0.15) is 0 Å². The Morgan fingerprint density at radius 3 is 2.50 bits per heavy atom. The Bertz CT molecular complexity index is 719. The van der Waals surface area contributed by atoms with Gasteiger partial charge in [0.2, 0.25) is 0 Å². The zero-order chi connectivity index (χ0) is 17.1. The van der Waals surface area contributed by atoms with E-state index in [-0.39, 0.29) is 12.3 Å². The molecule has 2 aromatic carbocycles. The van der Waals surface area contributed by atoms with Gasteiger partial charge in [-0.3, -0.25) is 4.79 Å². The van der Waals surface area contributed by atoms with Crippen LogP contribution in [-0.4, -0.2) is 30.1 Å². The minimum Gasteiger partial charge on any atom is -0.481 e. The molecule has 3 nitrogen and oxygen atoms in total. The van der Waals surface area contributed by atoms with Gasteiger partial charge >= 0.3 is 5.97 Å². The molecule has 0 saturated carbocycles. The van der Waals surface area contributed by atoms with Crippen molar-refractivity contribution in [3.05, 3.63) is 59.2 Å². The predicted octanol–water partition coefficient (Wildman–Crippen LogP) is 4.31. The number of aryl methyl sites for hydroxylation is 1. The second-order valence-electron chi connectivity index (χ2n) is 7.04. The van der Waals surface area contributed by atoms with Crippen molar-refractivity contribution >= 4 is 5.97 Å². The second kappa shape index (κ2) is 7.18. The van der Waals surface area contributed by atoms with Crippen LogP contribution in [0.4, 0.5) is 0 Å². The van der Waals surface area contributed by atoms with Gasteiger partial charge in [-0.15, -0.1) is 0 Å². The monoisotopic (exact) mass is 323 g/mol. The van der Waals surface area contributed by atoms with Gasteiger partial charge in [0.25, 0.3) is 0 Å². The van der Waals surface area contributed by atoms with E-state index in [1.54, 1.807) is 0 Å². The fraction of sp³-hybridized carbons (Fsp3) is 0.381. The van der Waals surface area contributed by atoms with Crippen LogP contribution in [0.15, 0.2) is 42.5 Å². The highest BCUT2D eigenvalue weighted by atomic mass is 16.4. The van der Waals surface area contributed by atoms with E-state index in [0.717, 1.165) is 25.8 Å². The highest BCUT2D eigenvalue weighted by molar-refractivity contribution is 5.70. The first kappa shape index (κ1) is 16.7. The first-order valence-corrected chi connectivity index (χ1v) is 8.61. The maximum atomic E-state index is 11.2. The average molecular weight is 323 g/mol. The number of benzene rings is 2. The highest BCUT2D eigenvalue weighted by Gasteiger charge is 2.22. The van der Waals surface area contributed by atoms with Crippen LogP contribution in [0.2, 0.25) is 0 Å². The van der Waals surface area contributed by atoms with E-state index in [4.69, 9.17) is 0 Å². The molecule has 0 heterocycles. The van der Waals surface area contributed by atoms with Crippen molar-refractivity contribution in [1.29, 1.82) is 0 Å². The number of carbonyl (C=O) groups is 1. The molecule has 0 fully saturated rings. The Morgan fingerprint density at radius 2 is 1.83 bits per heavy atom. The summed E-state index contributed by atoms with van der Waals surface area (Å²) in [5.74, 6) is -0.550. The third kappa shape index (κ3) is 3.85. The minimum absolute atomic E-state index is 0.152. The molecular formula is C21H25NO2. The molecule has 1 unspecified atom stereocenters. The lowest BCUT2D eigenvalue weighted by Crippen LogP contribution is -2.13. The Labute approximate surface area is 143 Å². The number of hydrogen-bond donors (Lipinski definition) is 1. The quantitative estimate of drug-likeness (QED) is 0.891. The first-order chi connectivity index (χ1) is 11.5. The number of hydrogen-bond acceptors (Lipinski definition) is 2. The average Bonchev–Trinajstić information content (AvgIpc) is 2.54. The summed E-state index contributed by atoms with van der Waals surface area (Å²) in [6.45, 7) is 0.936. The van der Waals surface area contributed by atoms with Crippen molar-refractivity contribution in [2.24, 2.45) is 0 Å². The van der Waals surface area contributed by atoms with Gasteiger partial charge in [0.05, 0.1) is 6.42 Å². The second-order valence-corrected chi connectivity index (χ2v) is 7.04. The van der Waals surface area contributed by atoms with Crippen molar-refractivity contribution in [1.82, 2.24) is 4.90 Å². The van der Waals surface area contributed by atoms with Gasteiger partial charge in [0.1, 0.15) is 0 Å². The molecule has 0 radical (unpaired) electrons. The predicted molar refractivity (Wildman–Crippen MR) is 97.2 cm³/mol. The van der Waals surface area contributed by atoms with Crippen molar-refractivity contribution in [3.8, 4) is 11.1 Å². The lowest BCUT2D eigenvalue weighted by Gasteiger charge is -2.25. The summed E-state index contributed by atoms with van der Waals surface area (Å²) >= 11 is 0. The standard InChI is InChI=1S/C21H25NO2/c1-22(2)14-15-6-8-16(9-7-15)18-11-10-17-4-3-5-19(13-21(23)24)20(17)12-18/h6-12,19H,3-5,13-14H2,1-2H3,(H,23,24). The minimum atomic E-state index is -0.703. The van der Waals surface area contributed by atoms with Gasteiger partial charge in [0.15, 0.2) is 0 Å². The third-order valence-corrected chi connectivity index (χ3v) is 4.79. The van der Waals surface area contributed by atoms with Crippen LogP contribution in [0.3, 0.4) is 0 Å². The van der Waals surface area contributed by atoms with Crippen LogP contribution in [0, 0.1) is 0 Å². The topological polar surface area (TPSA) is 40.5 Å². The molecule has 0 aromatic heterocycles. The Hall–Kier alpha value is -2.13. The molecule has 3 heteroatoms. The smallest absolute Gasteiger partial charge is 0.303 e. The zero-order valence-corrected chi connectivity index (χ0v) is 14.5. The molecule has 1 aliphatic carbocycles. The lowest BCUT2D eigenvalue weighted by atomic mass is 9.80. The summed E-state index contributed by atoms with van der Waals surface area (Å²) in [6.07, 6.45) is 3.36. The van der Waals surface area contributed by atoms with Crippen molar-refractivity contribution in [2.75, 3.05) is 14.1 Å². The molecule has 126 valence electrons. The first-order valence-electron chi connectivity index (χ1n) is 8.61. The number of fused-ring (bicyclic) bond motifs is 1. The van der Waals surface area contributed by atoms with Crippen LogP contribution in [0.25, 0.3) is 11.1 Å². The molecule has 3 rings (SSSR count). The molecule has 0 saturated heterocycles. The van der Waals surface area contributed by atoms with Crippen LogP contribution in [0.5, 0.6) is 0 Å². The largest absolute Gasteiger partial charge is 0.481 e. The number of carboxylic acids is 1. The maximum absolute atomic E-state index is 11.2. The van der Waals surface area contributed by atoms with Crippen molar-refractivity contribution in [3.63, 3.8) is 0 Å². The summed E-state index contributed by atoms with van der Waals surface area (Å²) in [5.41, 5.74) is 6.23. The summed E-state index contributed by atoms with van der Waals surface area (Å²) < 4.78 is 0. The van der Waals surface area contributed by atoms with E-state index >= 15 is 0 Å². The molecule has 1 atom stereocenters. The Balaban J connectivity index is 1.88. The molecule has 24 heavy (non-hydrogen) atoms. The fourth-order valence-corrected chi connectivity index (χ4v) is 3.67. The van der Waals surface area contributed by atoms with Gasteiger partial charge in [0, 0.05) is 6.54 Å². The molecule has 0 bridgehead atoms. The molecule has 1 N–H and O–H groups in total. The van der Waals surface area contributed by atoms with E-state index in [2.05, 4.69) is 61.5 Å². The fourth-order valence-electron chi connectivity index (χ4n) is 3.67. The molecular weight excluding hydrogens is 298 g/mol. The zero-order valence-electron chi connectivity index (χ0n) is 14.5. The number of rotatable bonds is 5. The van der Waals surface area contributed by atoms with E-state index in [1.165, 1.54) is 27.8 Å². The summed E-state index contributed by atoms with van der Waals surface area (Å²) in [4.78, 5) is 13.3. The normalized spacial score (nSPS) is 16.9. The summed E-state index contributed by atoms with van der Waals surface area (Å²) in [5, 5.41) is 9.18. The Kier molecular flexibility index (Phi) is 5.00. The van der Waals surface area contributed by atoms with E-state index < -0.39 is 5.97 Å². The number of aliphatic carboxylic acids is 1. The third-order valence-electron chi connectivity index (χ3n) is 4.79. The van der Waals surface area contributed by atoms with Gasteiger partial charge in [-0.1, -0.05) is 42.5 Å². The van der Waals surface area contributed by atoms with E-state index in [0.29, 0.717) is 0 Å². The highest BCUT2D eigenvalue weighted by Crippen LogP contribution is 2.36. The molecule has 1 aliphatic rings. The van der Waals surface area contributed by atoms with Crippen molar-refractivity contribution in [2.45, 2.75) is 38.1 Å². The summed E-state index contributed by atoms with van der Waals surface area (Å²) in [6, 6.07) is 15.2. The van der Waals surface area contributed by atoms with E-state index in [1.807, 2.05) is 0 Å². The van der Waals surface area contributed by atoms with Gasteiger partial charge in [-0.05, 0) is 67.1 Å². The number of carboxylic acid groups (broad SMARTS) is 1. The number of nitrogens with zero attached hydrogens (tertiary/aromatic N) is 1. The van der Waals surface area contributed by atoms with Crippen LogP contribution in [-0.2, 0) is 17.8 Å². The van der Waals surface area contributed by atoms with E-state index in [9.17, 15) is 9.90 Å². The molecule has 0 amide bonds. The van der Waals surface area contributed by atoms with Crippen LogP contribution in [0.1, 0.15) is 41.9 Å². The SMILES string of the molecule is CN(C)Cc1ccc(-c2ccc3c(c2)C(CC(=O)O)CCC3)cc1. The molecule has 0 aliphatic heterocycles.